The van der Waals surface area contributed by atoms with Crippen LogP contribution in [0.2, 0.25) is 0 Å². The summed E-state index contributed by atoms with van der Waals surface area (Å²) in [5, 5.41) is 17.7. The molecule has 0 radical (unpaired) electrons. The average molecular weight is 427 g/mol. The summed E-state index contributed by atoms with van der Waals surface area (Å²) in [7, 11) is 1.85. The highest BCUT2D eigenvalue weighted by Crippen LogP contribution is 2.30. The number of benzene rings is 1. The van der Waals surface area contributed by atoms with Crippen molar-refractivity contribution < 1.29 is 14.7 Å². The van der Waals surface area contributed by atoms with Crippen molar-refractivity contribution in [3.8, 4) is 11.4 Å². The topological polar surface area (TPSA) is 129 Å². The number of carbonyl (C=O) groups is 2. The molecule has 3 heterocycles. The van der Waals surface area contributed by atoms with Gasteiger partial charge in [0.05, 0.1) is 12.1 Å². The molecule has 9 nitrogen and oxygen atoms in total. The zero-order valence-corrected chi connectivity index (χ0v) is 17.6. The second-order valence-corrected chi connectivity index (χ2v) is 7.61. The first kappa shape index (κ1) is 21.2. The van der Waals surface area contributed by atoms with Crippen LogP contribution in [-0.2, 0) is 16.0 Å². The fourth-order valence-corrected chi connectivity index (χ4v) is 3.50. The van der Waals surface area contributed by atoms with E-state index in [-0.39, 0.29) is 12.3 Å². The Morgan fingerprint density at radius 3 is 2.73 bits per heavy atom. The van der Waals surface area contributed by atoms with E-state index in [0.717, 1.165) is 38.3 Å². The molecule has 0 unspecified atom stereocenters. The zero-order valence-electron chi connectivity index (χ0n) is 16.8. The van der Waals surface area contributed by atoms with Gasteiger partial charge in [-0.2, -0.15) is 0 Å². The van der Waals surface area contributed by atoms with Crippen LogP contribution in [0.3, 0.4) is 0 Å². The lowest BCUT2D eigenvalue weighted by molar-refractivity contribution is -0.136. The van der Waals surface area contributed by atoms with Gasteiger partial charge in [-0.05, 0) is 36.8 Å². The van der Waals surface area contributed by atoms with Crippen LogP contribution in [0.4, 0.5) is 22.5 Å². The molecular formula is C20H22N6O3S. The predicted octanol–water partition coefficient (Wildman–Crippen LogP) is 3.67. The number of aromatic nitrogens is 3. The second-order valence-electron chi connectivity index (χ2n) is 6.41. The van der Waals surface area contributed by atoms with Gasteiger partial charge in [0.1, 0.15) is 5.69 Å². The maximum atomic E-state index is 11.5. The quantitative estimate of drug-likeness (QED) is 0.486. The average Bonchev–Trinajstić information content (AvgIpc) is 3.29. The van der Waals surface area contributed by atoms with E-state index in [1.807, 2.05) is 38.2 Å². The van der Waals surface area contributed by atoms with Gasteiger partial charge in [-0.3, -0.25) is 9.59 Å². The molecule has 10 heteroatoms. The molecule has 1 aliphatic rings. The molecule has 0 spiro atoms. The highest BCUT2D eigenvalue weighted by Gasteiger charge is 2.18. The summed E-state index contributed by atoms with van der Waals surface area (Å²) in [6.45, 7) is 3.62. The third-order valence-corrected chi connectivity index (χ3v) is 5.19. The van der Waals surface area contributed by atoms with Gasteiger partial charge in [0.25, 0.3) is 0 Å². The number of aryl methyl sites for hydroxylation is 1. The van der Waals surface area contributed by atoms with Crippen molar-refractivity contribution in [2.45, 2.75) is 26.7 Å². The number of carboxylic acids is 1. The molecule has 0 fully saturated rings. The fourth-order valence-electron chi connectivity index (χ4n) is 2.73. The Balaban J connectivity index is 0.000000461. The Morgan fingerprint density at radius 1 is 1.30 bits per heavy atom. The monoisotopic (exact) mass is 426 g/mol. The van der Waals surface area contributed by atoms with Crippen molar-refractivity contribution >= 4 is 45.7 Å². The van der Waals surface area contributed by atoms with E-state index in [9.17, 15) is 9.59 Å². The Bertz CT molecular complexity index is 1080. The lowest BCUT2D eigenvalue weighted by atomic mass is 10.1. The number of anilines is 4. The lowest BCUT2D eigenvalue weighted by Gasteiger charge is -2.07. The number of amides is 1. The highest BCUT2D eigenvalue weighted by atomic mass is 32.1. The van der Waals surface area contributed by atoms with E-state index in [4.69, 9.17) is 5.11 Å². The van der Waals surface area contributed by atoms with Crippen molar-refractivity contribution in [1.82, 2.24) is 15.0 Å². The Labute approximate surface area is 177 Å². The molecule has 0 atom stereocenters. The zero-order chi connectivity index (χ0) is 21.7. The number of nitrogens with one attached hydrogen (secondary N) is 3. The number of rotatable bonds is 5. The maximum Gasteiger partial charge on any atom is 0.303 e. The molecular weight excluding hydrogens is 404 g/mol. The maximum absolute atomic E-state index is 11.5. The number of carbonyl (C=O) groups excluding carboxylic acids is 1. The van der Waals surface area contributed by atoms with Gasteiger partial charge in [0.15, 0.2) is 5.13 Å². The van der Waals surface area contributed by atoms with Crippen molar-refractivity contribution in [2.75, 3.05) is 23.0 Å². The largest absolute Gasteiger partial charge is 0.481 e. The lowest BCUT2D eigenvalue weighted by Crippen LogP contribution is -2.03. The van der Waals surface area contributed by atoms with Crippen LogP contribution in [0.15, 0.2) is 30.5 Å². The molecule has 30 heavy (non-hydrogen) atoms. The van der Waals surface area contributed by atoms with Crippen molar-refractivity contribution in [1.29, 1.82) is 0 Å². The Morgan fingerprint density at radius 2 is 2.07 bits per heavy atom. The summed E-state index contributed by atoms with van der Waals surface area (Å²) >= 11 is 1.59. The molecule has 4 rings (SSSR count). The Kier molecular flexibility index (Phi) is 6.58. The smallest absolute Gasteiger partial charge is 0.303 e. The summed E-state index contributed by atoms with van der Waals surface area (Å²) in [4.78, 5) is 35.3. The molecule has 3 aromatic rings. The first-order valence-electron chi connectivity index (χ1n) is 9.29. The van der Waals surface area contributed by atoms with E-state index in [1.54, 1.807) is 24.5 Å². The molecule has 0 saturated carbocycles. The van der Waals surface area contributed by atoms with Gasteiger partial charge >= 0.3 is 5.97 Å². The first-order chi connectivity index (χ1) is 14.4. The predicted molar refractivity (Wildman–Crippen MR) is 117 cm³/mol. The van der Waals surface area contributed by atoms with Gasteiger partial charge in [-0.1, -0.05) is 6.92 Å². The van der Waals surface area contributed by atoms with E-state index in [1.165, 1.54) is 0 Å². The van der Waals surface area contributed by atoms with Gasteiger partial charge in [-0.25, -0.2) is 15.0 Å². The van der Waals surface area contributed by atoms with Crippen molar-refractivity contribution in [2.24, 2.45) is 0 Å². The normalized spacial score (nSPS) is 11.8. The van der Waals surface area contributed by atoms with Crippen LogP contribution in [0, 0.1) is 6.92 Å². The van der Waals surface area contributed by atoms with Crippen LogP contribution >= 0.6 is 11.3 Å². The Hall–Kier alpha value is -3.53. The minimum atomic E-state index is -0.745. The van der Waals surface area contributed by atoms with E-state index >= 15 is 0 Å². The summed E-state index contributed by atoms with van der Waals surface area (Å²) in [6, 6.07) is 7.57. The minimum Gasteiger partial charge on any atom is -0.481 e. The molecule has 0 aliphatic carbocycles. The number of hydrogen-bond donors (Lipinski definition) is 4. The summed E-state index contributed by atoms with van der Waals surface area (Å²) in [5.41, 5.74) is 4.30. The van der Waals surface area contributed by atoms with E-state index in [0.29, 0.717) is 12.4 Å². The number of carboxylic acid groups (broad SMARTS) is 1. The summed E-state index contributed by atoms with van der Waals surface area (Å²) < 4.78 is 0. The van der Waals surface area contributed by atoms with Crippen LogP contribution < -0.4 is 16.0 Å². The third kappa shape index (κ3) is 5.09. The van der Waals surface area contributed by atoms with Crippen LogP contribution in [-0.4, -0.2) is 39.0 Å². The highest BCUT2D eigenvalue weighted by molar-refractivity contribution is 7.15. The number of thiazole rings is 1. The van der Waals surface area contributed by atoms with Gasteiger partial charge in [0.2, 0.25) is 11.9 Å². The molecule has 1 aliphatic heterocycles. The molecule has 4 N–H and O–H groups in total. The summed E-state index contributed by atoms with van der Waals surface area (Å²) in [5.74, 6) is -0.233. The van der Waals surface area contributed by atoms with Crippen LogP contribution in [0.1, 0.15) is 23.8 Å². The third-order valence-electron chi connectivity index (χ3n) is 4.20. The standard InChI is InChI=1S/C17H16N6OS.C3H6O2/c1-9-15(23-17(18-2)25-9)13-5-6-19-16(22-13)20-11-3-4-12-10(7-11)8-14(24)21-12;1-2-3(4)5/h3-7H,8H2,1-2H3,(H,18,23)(H,21,24)(H,19,20,22);2H2,1H3,(H,4,5). The number of fused-ring (bicyclic) bond motifs is 1. The number of nitrogens with zero attached hydrogens (tertiary/aromatic N) is 3. The van der Waals surface area contributed by atoms with Crippen molar-refractivity contribution in [3.63, 3.8) is 0 Å². The number of aliphatic carboxylic acids is 1. The molecule has 1 amide bonds. The first-order valence-corrected chi connectivity index (χ1v) is 10.1. The summed E-state index contributed by atoms with van der Waals surface area (Å²) in [6.07, 6.45) is 2.33. The minimum absolute atomic E-state index is 0.0183. The van der Waals surface area contributed by atoms with Crippen molar-refractivity contribution in [3.05, 3.63) is 40.9 Å². The van der Waals surface area contributed by atoms with Gasteiger partial charge in [0, 0.05) is 35.9 Å². The van der Waals surface area contributed by atoms with Crippen LogP contribution in [0.5, 0.6) is 0 Å². The molecule has 2 aromatic heterocycles. The fraction of sp³-hybridized carbons (Fsp3) is 0.250. The van der Waals surface area contributed by atoms with Gasteiger partial charge < -0.3 is 21.1 Å². The van der Waals surface area contributed by atoms with E-state index in [2.05, 4.69) is 30.9 Å². The van der Waals surface area contributed by atoms with Crippen LogP contribution in [0.25, 0.3) is 11.4 Å². The molecule has 1 aromatic carbocycles. The molecule has 156 valence electrons. The molecule has 0 saturated heterocycles. The van der Waals surface area contributed by atoms with Gasteiger partial charge in [-0.15, -0.1) is 11.3 Å². The molecule has 0 bridgehead atoms. The SMILES string of the molecule is CCC(=O)O.CNc1nc(-c2ccnc(Nc3ccc4c(c3)CC(=O)N4)n2)c(C)s1. The van der Waals surface area contributed by atoms with E-state index < -0.39 is 5.97 Å². The second kappa shape index (κ2) is 9.31. The number of hydrogen-bond acceptors (Lipinski definition) is 8.